The van der Waals surface area contributed by atoms with Crippen LogP contribution in [0, 0.1) is 0 Å². The zero-order valence-corrected chi connectivity index (χ0v) is 9.80. The fraction of sp³-hybridized carbons (Fsp3) is 0.364. The molecule has 0 aromatic heterocycles. The molecule has 0 heterocycles. The van der Waals surface area contributed by atoms with E-state index in [9.17, 15) is 4.79 Å². The Hall–Kier alpha value is -1.16. The number of nitrogen functional groups attached to an aromatic ring is 1. The Kier molecular flexibility index (Phi) is 4.49. The third-order valence-electron chi connectivity index (χ3n) is 1.97. The molecule has 0 aliphatic heterocycles. The van der Waals surface area contributed by atoms with Crippen molar-refractivity contribution in [1.82, 2.24) is 5.32 Å². The van der Waals surface area contributed by atoms with Gasteiger partial charge in [0.2, 0.25) is 0 Å². The van der Waals surface area contributed by atoms with Crippen molar-refractivity contribution in [2.75, 3.05) is 17.7 Å². The van der Waals surface area contributed by atoms with Gasteiger partial charge in [0.15, 0.2) is 0 Å². The van der Waals surface area contributed by atoms with Crippen molar-refractivity contribution < 1.29 is 4.79 Å². The Balaban J connectivity index is 2.57. The topological polar surface area (TPSA) is 55.1 Å². The second-order valence-corrected chi connectivity index (χ2v) is 4.36. The molecule has 4 heteroatoms. The van der Waals surface area contributed by atoms with Crippen molar-refractivity contribution in [2.45, 2.75) is 13.0 Å². The van der Waals surface area contributed by atoms with Gasteiger partial charge in [-0.05, 0) is 37.4 Å². The van der Waals surface area contributed by atoms with Crippen LogP contribution in [0.3, 0.4) is 0 Å². The van der Waals surface area contributed by atoms with Crippen LogP contribution in [0.15, 0.2) is 24.3 Å². The molecule has 82 valence electrons. The summed E-state index contributed by atoms with van der Waals surface area (Å²) in [5, 5.41) is 2.92. The predicted molar refractivity (Wildman–Crippen MR) is 66.2 cm³/mol. The first-order valence-corrected chi connectivity index (χ1v) is 6.18. The number of hydrogen-bond donors (Lipinski definition) is 2. The van der Waals surface area contributed by atoms with E-state index in [1.165, 1.54) is 0 Å². The number of carbonyl (C=O) groups is 1. The van der Waals surface area contributed by atoms with Crippen LogP contribution in [0.25, 0.3) is 0 Å². The lowest BCUT2D eigenvalue weighted by atomic mass is 10.2. The highest BCUT2D eigenvalue weighted by molar-refractivity contribution is 7.98. The molecule has 0 aliphatic carbocycles. The van der Waals surface area contributed by atoms with Gasteiger partial charge in [-0.3, -0.25) is 4.79 Å². The Labute approximate surface area is 94.4 Å². The predicted octanol–water partition coefficient (Wildman–Crippen LogP) is 1.75. The maximum absolute atomic E-state index is 11.7. The summed E-state index contributed by atoms with van der Waals surface area (Å²) in [5.41, 5.74) is 6.86. The van der Waals surface area contributed by atoms with E-state index in [2.05, 4.69) is 5.32 Å². The molecule has 0 fully saturated rings. The number of carbonyl (C=O) groups excluding carboxylic acids is 1. The van der Waals surface area contributed by atoms with Crippen LogP contribution < -0.4 is 11.1 Å². The van der Waals surface area contributed by atoms with E-state index in [4.69, 9.17) is 5.73 Å². The number of hydrogen-bond acceptors (Lipinski definition) is 3. The van der Waals surface area contributed by atoms with Crippen molar-refractivity contribution in [1.29, 1.82) is 0 Å². The molecule has 1 rings (SSSR count). The summed E-state index contributed by atoms with van der Waals surface area (Å²) in [5.74, 6) is 0.873. The van der Waals surface area contributed by atoms with Crippen molar-refractivity contribution >= 4 is 23.4 Å². The molecule has 0 radical (unpaired) electrons. The lowest BCUT2D eigenvalue weighted by Gasteiger charge is -2.12. The first kappa shape index (κ1) is 11.9. The van der Waals surface area contributed by atoms with Gasteiger partial charge in [0.25, 0.3) is 5.91 Å². The maximum Gasteiger partial charge on any atom is 0.251 e. The molecule has 0 bridgehead atoms. The quantitative estimate of drug-likeness (QED) is 0.766. The highest BCUT2D eigenvalue weighted by Gasteiger charge is 2.08. The minimum Gasteiger partial charge on any atom is -0.399 e. The second-order valence-electron chi connectivity index (χ2n) is 3.45. The van der Waals surface area contributed by atoms with Gasteiger partial charge in [-0.25, -0.2) is 0 Å². The summed E-state index contributed by atoms with van der Waals surface area (Å²) in [7, 11) is 0. The van der Waals surface area contributed by atoms with Crippen LogP contribution in [0.4, 0.5) is 5.69 Å². The fourth-order valence-electron chi connectivity index (χ4n) is 1.23. The van der Waals surface area contributed by atoms with Gasteiger partial charge in [-0.15, -0.1) is 0 Å². The molecular weight excluding hydrogens is 208 g/mol. The van der Waals surface area contributed by atoms with E-state index in [0.717, 1.165) is 5.75 Å². The van der Waals surface area contributed by atoms with E-state index in [0.29, 0.717) is 11.3 Å². The molecule has 15 heavy (non-hydrogen) atoms. The number of nitrogens with two attached hydrogens (primary N) is 1. The summed E-state index contributed by atoms with van der Waals surface area (Å²) in [6, 6.07) is 7.11. The Morgan fingerprint density at radius 3 is 2.60 bits per heavy atom. The minimum absolute atomic E-state index is 0.0449. The first-order chi connectivity index (χ1) is 7.13. The fourth-order valence-corrected chi connectivity index (χ4v) is 1.82. The van der Waals surface area contributed by atoms with Gasteiger partial charge in [0.1, 0.15) is 0 Å². The van der Waals surface area contributed by atoms with Crippen molar-refractivity contribution in [2.24, 2.45) is 0 Å². The third-order valence-corrected chi connectivity index (χ3v) is 2.80. The number of benzene rings is 1. The molecule has 0 saturated heterocycles. The van der Waals surface area contributed by atoms with E-state index in [1.807, 2.05) is 13.2 Å². The van der Waals surface area contributed by atoms with Crippen LogP contribution in [0.5, 0.6) is 0 Å². The lowest BCUT2D eigenvalue weighted by Crippen LogP contribution is -2.34. The van der Waals surface area contributed by atoms with Crippen LogP contribution >= 0.6 is 11.8 Å². The number of amides is 1. The number of rotatable bonds is 4. The molecule has 0 aliphatic rings. The van der Waals surface area contributed by atoms with Crippen LogP contribution in [-0.2, 0) is 0 Å². The van der Waals surface area contributed by atoms with Crippen molar-refractivity contribution in [3.8, 4) is 0 Å². The van der Waals surface area contributed by atoms with Gasteiger partial charge < -0.3 is 11.1 Å². The second kappa shape index (κ2) is 5.66. The largest absolute Gasteiger partial charge is 0.399 e. The number of nitrogens with one attached hydrogen (secondary N) is 1. The highest BCUT2D eigenvalue weighted by Crippen LogP contribution is 2.06. The lowest BCUT2D eigenvalue weighted by molar-refractivity contribution is 0.0944. The maximum atomic E-state index is 11.7. The molecule has 1 aromatic rings. The van der Waals surface area contributed by atoms with E-state index < -0.39 is 0 Å². The monoisotopic (exact) mass is 224 g/mol. The SMILES string of the molecule is CSCC(C)NC(=O)c1ccc(N)cc1. The molecule has 1 atom stereocenters. The van der Waals surface area contributed by atoms with Crippen molar-refractivity contribution in [3.05, 3.63) is 29.8 Å². The van der Waals surface area contributed by atoms with Gasteiger partial charge in [0.05, 0.1) is 0 Å². The van der Waals surface area contributed by atoms with Crippen LogP contribution in [-0.4, -0.2) is 24.0 Å². The standard InChI is InChI=1S/C11H16N2OS/c1-8(7-15-2)13-11(14)9-3-5-10(12)6-4-9/h3-6,8H,7,12H2,1-2H3,(H,13,14). The molecule has 3 N–H and O–H groups in total. The minimum atomic E-state index is -0.0449. The number of anilines is 1. The first-order valence-electron chi connectivity index (χ1n) is 4.79. The summed E-state index contributed by atoms with van der Waals surface area (Å²) >= 11 is 1.71. The van der Waals surface area contributed by atoms with E-state index in [1.54, 1.807) is 36.0 Å². The van der Waals surface area contributed by atoms with Gasteiger partial charge in [-0.1, -0.05) is 0 Å². The van der Waals surface area contributed by atoms with Crippen LogP contribution in [0.1, 0.15) is 17.3 Å². The van der Waals surface area contributed by atoms with Gasteiger partial charge in [0, 0.05) is 23.0 Å². The molecule has 1 aromatic carbocycles. The van der Waals surface area contributed by atoms with E-state index in [-0.39, 0.29) is 11.9 Å². The van der Waals surface area contributed by atoms with E-state index >= 15 is 0 Å². The molecule has 0 saturated carbocycles. The Bertz CT molecular complexity index is 324. The van der Waals surface area contributed by atoms with Gasteiger partial charge in [-0.2, -0.15) is 11.8 Å². The molecular formula is C11H16N2OS. The zero-order valence-electron chi connectivity index (χ0n) is 8.99. The number of thioether (sulfide) groups is 1. The van der Waals surface area contributed by atoms with Gasteiger partial charge >= 0.3 is 0 Å². The smallest absolute Gasteiger partial charge is 0.251 e. The molecule has 1 unspecified atom stereocenters. The normalized spacial score (nSPS) is 12.1. The van der Waals surface area contributed by atoms with Crippen molar-refractivity contribution in [3.63, 3.8) is 0 Å². The average molecular weight is 224 g/mol. The molecule has 1 amide bonds. The average Bonchev–Trinajstić information content (AvgIpc) is 2.18. The summed E-state index contributed by atoms with van der Waals surface area (Å²) < 4.78 is 0. The molecule has 0 spiro atoms. The van der Waals surface area contributed by atoms with Crippen LogP contribution in [0.2, 0.25) is 0 Å². The third kappa shape index (κ3) is 3.83. The molecule has 3 nitrogen and oxygen atoms in total. The summed E-state index contributed by atoms with van der Waals surface area (Å²) in [4.78, 5) is 11.7. The highest BCUT2D eigenvalue weighted by atomic mass is 32.2. The summed E-state index contributed by atoms with van der Waals surface area (Å²) in [6.45, 7) is 1.99. The Morgan fingerprint density at radius 2 is 2.07 bits per heavy atom. The zero-order chi connectivity index (χ0) is 11.3. The Morgan fingerprint density at radius 1 is 1.47 bits per heavy atom. The summed E-state index contributed by atoms with van der Waals surface area (Å²) in [6.07, 6.45) is 2.02.